The maximum Gasteiger partial charge on any atom is 0.328 e. The SMILES string of the molecule is CCCCCCn1cc(S(=O)(=O)N[C@@H](C#N)C(C)C)c(=O)[nH]c1=O. The Morgan fingerprint density at radius 2 is 1.96 bits per heavy atom. The van der Waals surface area contributed by atoms with Crippen LogP contribution in [0.25, 0.3) is 0 Å². The van der Waals surface area contributed by atoms with Crippen LogP contribution >= 0.6 is 0 Å². The van der Waals surface area contributed by atoms with Crippen molar-refractivity contribution in [1.82, 2.24) is 14.3 Å². The normalized spacial score (nSPS) is 13.0. The minimum Gasteiger partial charge on any atom is -0.299 e. The molecule has 0 spiro atoms. The van der Waals surface area contributed by atoms with Gasteiger partial charge in [0, 0.05) is 12.7 Å². The van der Waals surface area contributed by atoms with Gasteiger partial charge in [0.25, 0.3) is 5.56 Å². The van der Waals surface area contributed by atoms with Crippen LogP contribution in [0.5, 0.6) is 0 Å². The zero-order valence-corrected chi connectivity index (χ0v) is 15.0. The van der Waals surface area contributed by atoms with Gasteiger partial charge in [-0.3, -0.25) is 14.3 Å². The van der Waals surface area contributed by atoms with Crippen molar-refractivity contribution in [3.05, 3.63) is 27.0 Å². The van der Waals surface area contributed by atoms with Crippen LogP contribution in [-0.4, -0.2) is 24.0 Å². The number of nitriles is 1. The lowest BCUT2D eigenvalue weighted by Crippen LogP contribution is -2.41. The van der Waals surface area contributed by atoms with Gasteiger partial charge < -0.3 is 0 Å². The number of hydrogen-bond acceptors (Lipinski definition) is 5. The topological polar surface area (TPSA) is 125 Å². The Balaban J connectivity index is 3.12. The van der Waals surface area contributed by atoms with E-state index in [1.807, 2.05) is 11.1 Å². The van der Waals surface area contributed by atoms with Gasteiger partial charge in [0.15, 0.2) is 4.90 Å². The van der Waals surface area contributed by atoms with Crippen LogP contribution < -0.4 is 16.0 Å². The van der Waals surface area contributed by atoms with E-state index in [1.54, 1.807) is 13.8 Å². The quantitative estimate of drug-likeness (QED) is 0.637. The van der Waals surface area contributed by atoms with Crippen molar-refractivity contribution in [2.24, 2.45) is 5.92 Å². The van der Waals surface area contributed by atoms with E-state index in [-0.39, 0.29) is 5.92 Å². The number of aromatic nitrogens is 2. The van der Waals surface area contributed by atoms with Crippen LogP contribution in [0.15, 0.2) is 20.7 Å². The number of aromatic amines is 1. The van der Waals surface area contributed by atoms with E-state index in [0.717, 1.165) is 25.5 Å². The van der Waals surface area contributed by atoms with Crippen LogP contribution in [0.4, 0.5) is 0 Å². The van der Waals surface area contributed by atoms with Gasteiger partial charge in [-0.1, -0.05) is 40.0 Å². The first kappa shape index (κ1) is 20.1. The molecule has 0 amide bonds. The third-order valence-electron chi connectivity index (χ3n) is 3.61. The lowest BCUT2D eigenvalue weighted by atomic mass is 10.1. The van der Waals surface area contributed by atoms with E-state index in [4.69, 9.17) is 5.26 Å². The fourth-order valence-electron chi connectivity index (χ4n) is 2.10. The van der Waals surface area contributed by atoms with Crippen molar-refractivity contribution >= 4 is 10.0 Å². The molecule has 9 heteroatoms. The van der Waals surface area contributed by atoms with Gasteiger partial charge in [-0.05, 0) is 12.3 Å². The molecule has 0 aromatic carbocycles. The van der Waals surface area contributed by atoms with Crippen molar-refractivity contribution in [3.8, 4) is 6.07 Å². The summed E-state index contributed by atoms with van der Waals surface area (Å²) in [5.74, 6) is -0.260. The zero-order chi connectivity index (χ0) is 18.3. The van der Waals surface area contributed by atoms with E-state index in [0.29, 0.717) is 13.0 Å². The van der Waals surface area contributed by atoms with Crippen LogP contribution in [0.2, 0.25) is 0 Å². The van der Waals surface area contributed by atoms with Crippen molar-refractivity contribution < 1.29 is 8.42 Å². The average Bonchev–Trinajstić information content (AvgIpc) is 2.50. The number of nitrogens with zero attached hydrogens (tertiary/aromatic N) is 2. The molecule has 0 aliphatic rings. The molecular weight excluding hydrogens is 332 g/mol. The van der Waals surface area contributed by atoms with Gasteiger partial charge in [0.2, 0.25) is 10.0 Å². The third kappa shape index (κ3) is 5.32. The van der Waals surface area contributed by atoms with Crippen molar-refractivity contribution in [2.45, 2.75) is 63.9 Å². The van der Waals surface area contributed by atoms with E-state index in [1.165, 1.54) is 4.57 Å². The minimum atomic E-state index is -4.20. The Morgan fingerprint density at radius 3 is 2.50 bits per heavy atom. The highest BCUT2D eigenvalue weighted by atomic mass is 32.2. The molecule has 8 nitrogen and oxygen atoms in total. The fourth-order valence-corrected chi connectivity index (χ4v) is 3.45. The highest BCUT2D eigenvalue weighted by Crippen LogP contribution is 2.07. The molecular formula is C15H24N4O4S. The molecule has 0 bridgehead atoms. The minimum absolute atomic E-state index is 0.260. The molecule has 1 aromatic rings. The van der Waals surface area contributed by atoms with Crippen molar-refractivity contribution in [2.75, 3.05) is 0 Å². The summed E-state index contributed by atoms with van der Waals surface area (Å²) >= 11 is 0. The molecule has 1 rings (SSSR count). The summed E-state index contributed by atoms with van der Waals surface area (Å²) in [6, 6.07) is 0.891. The van der Waals surface area contributed by atoms with Crippen LogP contribution in [-0.2, 0) is 16.6 Å². The fraction of sp³-hybridized carbons (Fsp3) is 0.667. The molecule has 1 aromatic heterocycles. The molecule has 134 valence electrons. The lowest BCUT2D eigenvalue weighted by Gasteiger charge is -2.15. The molecule has 0 unspecified atom stereocenters. The second-order valence-electron chi connectivity index (χ2n) is 5.98. The van der Waals surface area contributed by atoms with Gasteiger partial charge >= 0.3 is 5.69 Å². The summed E-state index contributed by atoms with van der Waals surface area (Å²) in [6.07, 6.45) is 4.72. The molecule has 0 saturated heterocycles. The lowest BCUT2D eigenvalue weighted by molar-refractivity contribution is 0.510. The maximum absolute atomic E-state index is 12.4. The van der Waals surface area contributed by atoms with Crippen molar-refractivity contribution in [1.29, 1.82) is 5.26 Å². The monoisotopic (exact) mass is 356 g/mol. The van der Waals surface area contributed by atoms with E-state index in [9.17, 15) is 18.0 Å². The Bertz CT molecular complexity index is 802. The molecule has 1 heterocycles. The first-order chi connectivity index (χ1) is 11.2. The Labute approximate surface area is 141 Å². The van der Waals surface area contributed by atoms with Crippen LogP contribution in [0.3, 0.4) is 0 Å². The molecule has 1 atom stereocenters. The number of H-pyrrole nitrogens is 1. The van der Waals surface area contributed by atoms with E-state index in [2.05, 4.69) is 11.6 Å². The summed E-state index contributed by atoms with van der Waals surface area (Å²) in [7, 11) is -4.20. The van der Waals surface area contributed by atoms with Crippen LogP contribution in [0.1, 0.15) is 46.5 Å². The predicted octanol–water partition coefficient (Wildman–Crippen LogP) is 0.943. The standard InChI is InChI=1S/C15H24N4O4S/c1-4-5-6-7-8-19-10-13(14(20)17-15(19)21)24(22,23)18-12(9-16)11(2)3/h10-12,18H,4-8H2,1-3H3,(H,17,20,21)/t12-/m0/s1. The molecule has 2 N–H and O–H groups in total. The number of hydrogen-bond donors (Lipinski definition) is 2. The van der Waals surface area contributed by atoms with Gasteiger partial charge in [-0.25, -0.2) is 13.2 Å². The summed E-state index contributed by atoms with van der Waals surface area (Å²) in [6.45, 7) is 5.76. The smallest absolute Gasteiger partial charge is 0.299 e. The largest absolute Gasteiger partial charge is 0.328 e. The number of nitrogens with one attached hydrogen (secondary N) is 2. The predicted molar refractivity (Wildman–Crippen MR) is 90.0 cm³/mol. The highest BCUT2D eigenvalue weighted by molar-refractivity contribution is 7.89. The number of aryl methyl sites for hydroxylation is 1. The highest BCUT2D eigenvalue weighted by Gasteiger charge is 2.25. The van der Waals surface area contributed by atoms with Gasteiger partial charge in [-0.2, -0.15) is 9.98 Å². The second kappa shape index (κ2) is 8.80. The molecule has 0 aliphatic carbocycles. The van der Waals surface area contributed by atoms with Crippen LogP contribution in [0, 0.1) is 17.2 Å². The average molecular weight is 356 g/mol. The molecule has 0 saturated carbocycles. The Kier molecular flexibility index (Phi) is 7.38. The molecule has 24 heavy (non-hydrogen) atoms. The zero-order valence-electron chi connectivity index (χ0n) is 14.2. The summed E-state index contributed by atoms with van der Waals surface area (Å²) in [5.41, 5.74) is -1.63. The first-order valence-corrected chi connectivity index (χ1v) is 9.47. The van der Waals surface area contributed by atoms with E-state index < -0.39 is 32.2 Å². The first-order valence-electron chi connectivity index (χ1n) is 7.98. The van der Waals surface area contributed by atoms with Gasteiger partial charge in [0.05, 0.1) is 6.07 Å². The van der Waals surface area contributed by atoms with E-state index >= 15 is 0 Å². The molecule has 0 fully saturated rings. The summed E-state index contributed by atoms with van der Waals surface area (Å²) in [5, 5.41) is 9.02. The number of rotatable bonds is 9. The molecule has 0 aliphatic heterocycles. The number of unbranched alkanes of at least 4 members (excludes halogenated alkanes) is 3. The maximum atomic E-state index is 12.4. The summed E-state index contributed by atoms with van der Waals surface area (Å²) < 4.78 is 28.1. The Morgan fingerprint density at radius 1 is 1.29 bits per heavy atom. The second-order valence-corrected chi connectivity index (χ2v) is 7.66. The third-order valence-corrected chi connectivity index (χ3v) is 5.04. The van der Waals surface area contributed by atoms with Crippen molar-refractivity contribution in [3.63, 3.8) is 0 Å². The van der Waals surface area contributed by atoms with Gasteiger partial charge in [-0.15, -0.1) is 0 Å². The van der Waals surface area contributed by atoms with Gasteiger partial charge in [0.1, 0.15) is 6.04 Å². The molecule has 0 radical (unpaired) electrons. The Hall–Kier alpha value is -1.92. The number of sulfonamides is 1. The summed E-state index contributed by atoms with van der Waals surface area (Å²) in [4.78, 5) is 25.2.